The lowest BCUT2D eigenvalue weighted by Gasteiger charge is -2.39. The Morgan fingerprint density at radius 3 is 2.07 bits per heavy atom. The lowest BCUT2D eigenvalue weighted by atomic mass is 9.90. The van der Waals surface area contributed by atoms with Gasteiger partial charge in [-0.25, -0.2) is 4.79 Å². The van der Waals surface area contributed by atoms with Crippen LogP contribution in [0.4, 0.5) is 5.69 Å². The molecule has 0 bridgehead atoms. The van der Waals surface area contributed by atoms with Gasteiger partial charge in [0.1, 0.15) is 31.0 Å². The number of hydrogen-bond donors (Lipinski definition) is 7. The lowest BCUT2D eigenvalue weighted by molar-refractivity contribution is -0.227. The minimum atomic E-state index is -1.84. The average Bonchev–Trinajstić information content (AvgIpc) is 2.90. The minimum Gasteiger partial charge on any atom is -0.479 e. The monoisotopic (exact) mass is 623 g/mol. The normalized spacial score (nSPS) is 23.9. The molecule has 0 radical (unpaired) electrons. The van der Waals surface area contributed by atoms with Gasteiger partial charge in [0.2, 0.25) is 11.8 Å². The summed E-state index contributed by atoms with van der Waals surface area (Å²) in [4.78, 5) is 50.3. The number of carbonyl (C=O) groups excluding carboxylic acids is 3. The molecule has 0 spiro atoms. The van der Waals surface area contributed by atoms with E-state index >= 15 is 0 Å². The van der Waals surface area contributed by atoms with Crippen LogP contribution >= 0.6 is 0 Å². The van der Waals surface area contributed by atoms with Crippen LogP contribution in [0.1, 0.15) is 73.4 Å². The van der Waals surface area contributed by atoms with E-state index < -0.39 is 65.9 Å². The summed E-state index contributed by atoms with van der Waals surface area (Å²) in [5.74, 6) is -2.92. The standard InChI is InChI=1S/C31H49N3O10/c1-15(2)21(34-31(7,8)9)27(39)32-16(3)26(38)33-19-12-17(14-43-29(42)30(4,5)6)10-11-18(19)13-20-22(35)23(36)24(37)25(44-20)28(40)41/h10-12,15-16,20-25,34-37H,13-14H2,1-9H3,(H,32,39)(H,33,38)(H,40,41)/t16?,20?,21?,22-,23+,24-,25-/m0/s1. The number of benzene rings is 1. The van der Waals surface area contributed by atoms with Gasteiger partial charge in [-0.2, -0.15) is 0 Å². The van der Waals surface area contributed by atoms with E-state index in [1.165, 1.54) is 6.92 Å². The fourth-order valence-corrected chi connectivity index (χ4v) is 4.52. The molecule has 1 aromatic rings. The summed E-state index contributed by atoms with van der Waals surface area (Å²) in [6, 6.07) is 3.25. The predicted octanol–water partition coefficient (Wildman–Crippen LogP) is 1.11. The Balaban J connectivity index is 2.34. The SMILES string of the molecule is CC(NC(=O)C(NC(C)(C)C)C(C)C)C(=O)Nc1cc(COC(=O)C(C)(C)C)ccc1CC1O[C@H](C(=O)O)[C@@H](O)[C@H](O)[C@H]1O. The largest absolute Gasteiger partial charge is 0.479 e. The van der Waals surface area contributed by atoms with Crippen LogP contribution < -0.4 is 16.0 Å². The Labute approximate surface area is 258 Å². The Hall–Kier alpha value is -3.10. The molecule has 0 saturated carbocycles. The summed E-state index contributed by atoms with van der Waals surface area (Å²) in [6.45, 7) is 16.2. The smallest absolute Gasteiger partial charge is 0.335 e. The van der Waals surface area contributed by atoms with Crippen LogP contribution in [-0.4, -0.2) is 92.3 Å². The second kappa shape index (κ2) is 14.8. The van der Waals surface area contributed by atoms with Crippen LogP contribution in [0.2, 0.25) is 0 Å². The van der Waals surface area contributed by atoms with Crippen molar-refractivity contribution in [2.45, 2.75) is 123 Å². The molecule has 44 heavy (non-hydrogen) atoms. The molecule has 2 amide bonds. The highest BCUT2D eigenvalue weighted by Crippen LogP contribution is 2.28. The van der Waals surface area contributed by atoms with Gasteiger partial charge in [-0.1, -0.05) is 26.0 Å². The lowest BCUT2D eigenvalue weighted by Crippen LogP contribution is -2.60. The molecule has 0 aromatic heterocycles. The third-order valence-electron chi connectivity index (χ3n) is 7.08. The van der Waals surface area contributed by atoms with Gasteiger partial charge in [-0.3, -0.25) is 14.4 Å². The summed E-state index contributed by atoms with van der Waals surface area (Å²) in [5, 5.41) is 49.1. The number of nitrogens with one attached hydrogen (secondary N) is 3. The maximum Gasteiger partial charge on any atom is 0.335 e. The molecule has 0 aliphatic carbocycles. The van der Waals surface area contributed by atoms with E-state index in [0.717, 1.165) is 0 Å². The molecule has 1 aliphatic heterocycles. The molecule has 3 unspecified atom stereocenters. The molecule has 1 aliphatic rings. The van der Waals surface area contributed by atoms with Gasteiger partial charge >= 0.3 is 11.9 Å². The van der Waals surface area contributed by atoms with E-state index in [9.17, 15) is 39.6 Å². The van der Waals surface area contributed by atoms with E-state index in [0.29, 0.717) is 11.1 Å². The van der Waals surface area contributed by atoms with Crippen LogP contribution in [0.15, 0.2) is 18.2 Å². The Morgan fingerprint density at radius 2 is 1.55 bits per heavy atom. The predicted molar refractivity (Wildman–Crippen MR) is 161 cm³/mol. The highest BCUT2D eigenvalue weighted by Gasteiger charge is 2.47. The number of rotatable bonds is 11. The highest BCUT2D eigenvalue weighted by molar-refractivity contribution is 5.98. The first-order valence-corrected chi connectivity index (χ1v) is 14.7. The third kappa shape index (κ3) is 10.2. The zero-order valence-corrected chi connectivity index (χ0v) is 27.0. The molecule has 1 heterocycles. The number of anilines is 1. The molecule has 7 N–H and O–H groups in total. The highest BCUT2D eigenvalue weighted by atomic mass is 16.6. The van der Waals surface area contributed by atoms with Gasteiger partial charge in [0.05, 0.1) is 17.6 Å². The van der Waals surface area contributed by atoms with Gasteiger partial charge in [0.15, 0.2) is 6.10 Å². The molecule has 7 atom stereocenters. The minimum absolute atomic E-state index is 0.0611. The molecule has 1 saturated heterocycles. The average molecular weight is 624 g/mol. The number of carboxylic acids is 1. The summed E-state index contributed by atoms with van der Waals surface area (Å²) in [6.07, 6.45) is -8.43. The number of aliphatic carboxylic acids is 1. The van der Waals surface area contributed by atoms with Gasteiger partial charge in [0.25, 0.3) is 0 Å². The number of aliphatic hydroxyl groups is 3. The van der Waals surface area contributed by atoms with Crippen molar-refractivity contribution in [2.75, 3.05) is 5.32 Å². The van der Waals surface area contributed by atoms with Crippen molar-refractivity contribution in [1.29, 1.82) is 0 Å². The first kappa shape index (κ1) is 37.1. The first-order chi connectivity index (χ1) is 20.1. The molecular formula is C31H49N3O10. The van der Waals surface area contributed by atoms with Crippen molar-refractivity contribution in [3.63, 3.8) is 0 Å². The van der Waals surface area contributed by atoms with Crippen molar-refractivity contribution in [1.82, 2.24) is 10.6 Å². The van der Waals surface area contributed by atoms with E-state index in [2.05, 4.69) is 16.0 Å². The fraction of sp³-hybridized carbons (Fsp3) is 0.677. The van der Waals surface area contributed by atoms with Crippen LogP contribution in [0.5, 0.6) is 0 Å². The quantitative estimate of drug-likeness (QED) is 0.174. The topological polar surface area (TPSA) is 204 Å². The zero-order chi connectivity index (χ0) is 33.7. The van der Waals surface area contributed by atoms with Crippen LogP contribution in [0.3, 0.4) is 0 Å². The molecular weight excluding hydrogens is 574 g/mol. The number of hydrogen-bond acceptors (Lipinski definition) is 10. The van der Waals surface area contributed by atoms with Crippen LogP contribution in [-0.2, 0) is 41.7 Å². The molecule has 2 rings (SSSR count). The molecule has 248 valence electrons. The van der Waals surface area contributed by atoms with E-state index in [-0.39, 0.29) is 36.1 Å². The summed E-state index contributed by atoms with van der Waals surface area (Å²) >= 11 is 0. The maximum atomic E-state index is 13.3. The van der Waals surface area contributed by atoms with Crippen molar-refractivity contribution in [2.24, 2.45) is 11.3 Å². The van der Waals surface area contributed by atoms with Crippen molar-refractivity contribution >= 4 is 29.4 Å². The number of carboxylic acid groups (broad SMARTS) is 1. The second-order valence-electron chi connectivity index (χ2n) is 13.8. The fourth-order valence-electron chi connectivity index (χ4n) is 4.52. The van der Waals surface area contributed by atoms with Gasteiger partial charge in [-0.05, 0) is 71.6 Å². The van der Waals surface area contributed by atoms with E-state index in [1.807, 2.05) is 34.6 Å². The van der Waals surface area contributed by atoms with Gasteiger partial charge in [0, 0.05) is 17.6 Å². The van der Waals surface area contributed by atoms with E-state index in [4.69, 9.17) is 9.47 Å². The molecule has 1 aromatic carbocycles. The van der Waals surface area contributed by atoms with Gasteiger partial charge in [-0.15, -0.1) is 0 Å². The summed E-state index contributed by atoms with van der Waals surface area (Å²) in [5.41, 5.74) is 0.0712. The number of amides is 2. The Kier molecular flexibility index (Phi) is 12.5. The molecule has 1 fully saturated rings. The maximum absolute atomic E-state index is 13.3. The number of esters is 1. The van der Waals surface area contributed by atoms with E-state index in [1.54, 1.807) is 39.0 Å². The summed E-state index contributed by atoms with van der Waals surface area (Å²) in [7, 11) is 0. The third-order valence-corrected chi connectivity index (χ3v) is 7.08. The number of aliphatic hydroxyl groups excluding tert-OH is 3. The zero-order valence-electron chi connectivity index (χ0n) is 27.0. The van der Waals surface area contributed by atoms with Crippen LogP contribution in [0.25, 0.3) is 0 Å². The van der Waals surface area contributed by atoms with Gasteiger partial charge < -0.3 is 45.9 Å². The molecule has 13 heteroatoms. The Bertz CT molecular complexity index is 1190. The van der Waals surface area contributed by atoms with Crippen molar-refractivity contribution in [3.8, 4) is 0 Å². The first-order valence-electron chi connectivity index (χ1n) is 14.7. The second-order valence-corrected chi connectivity index (χ2v) is 13.8. The van der Waals surface area contributed by atoms with Crippen molar-refractivity contribution < 1.29 is 49.1 Å². The molecule has 13 nitrogen and oxygen atoms in total. The Morgan fingerprint density at radius 1 is 0.932 bits per heavy atom. The number of carbonyl (C=O) groups is 4. The number of ether oxygens (including phenoxy) is 2. The van der Waals surface area contributed by atoms with Crippen molar-refractivity contribution in [3.05, 3.63) is 29.3 Å². The summed E-state index contributed by atoms with van der Waals surface area (Å²) < 4.78 is 10.8. The van der Waals surface area contributed by atoms with Crippen LogP contribution in [0, 0.1) is 11.3 Å².